The van der Waals surface area contributed by atoms with Crippen molar-refractivity contribution in [3.8, 4) is 11.1 Å². The molecule has 0 unspecified atom stereocenters. The van der Waals surface area contributed by atoms with Crippen molar-refractivity contribution in [2.45, 2.75) is 26.9 Å². The van der Waals surface area contributed by atoms with E-state index >= 15 is 0 Å². The number of ether oxygens (including phenoxy) is 1. The monoisotopic (exact) mass is 423 g/mol. The van der Waals surface area contributed by atoms with Crippen LogP contribution in [0.4, 0.5) is 5.69 Å². The lowest BCUT2D eigenvalue weighted by atomic mass is 9.99. The third-order valence-corrected chi connectivity index (χ3v) is 4.40. The Balaban J connectivity index is 2.45. The lowest BCUT2D eigenvalue weighted by Gasteiger charge is -2.22. The third kappa shape index (κ3) is 4.54. The van der Waals surface area contributed by atoms with Crippen LogP contribution in [0.3, 0.4) is 0 Å². The Labute approximate surface area is 151 Å². The van der Waals surface area contributed by atoms with Gasteiger partial charge in [-0.3, -0.25) is 4.79 Å². The first kappa shape index (κ1) is 17.9. The largest absolute Gasteiger partial charge is 0.380 e. The number of halogens is 1. The predicted molar refractivity (Wildman–Crippen MR) is 104 cm³/mol. The van der Waals surface area contributed by atoms with Crippen molar-refractivity contribution in [1.82, 2.24) is 0 Å². The standard InChI is InChI=1S/C19H22INO2/c1-4-11-21(14(2)22)18-9-10-19(16(12-18)13-23-3)15-5-7-17(20)8-6-15/h5-10,12H,4,11,13H2,1-3H3. The summed E-state index contributed by atoms with van der Waals surface area (Å²) in [6.45, 7) is 4.93. The molecule has 0 aromatic heterocycles. The number of methoxy groups -OCH3 is 1. The second-order valence-corrected chi connectivity index (χ2v) is 6.70. The van der Waals surface area contributed by atoms with Crippen LogP contribution in [-0.2, 0) is 16.1 Å². The third-order valence-electron chi connectivity index (χ3n) is 3.68. The molecule has 0 bridgehead atoms. The molecule has 0 heterocycles. The van der Waals surface area contributed by atoms with Crippen LogP contribution in [0.5, 0.6) is 0 Å². The minimum atomic E-state index is 0.0669. The summed E-state index contributed by atoms with van der Waals surface area (Å²) in [5.74, 6) is 0.0669. The quantitative estimate of drug-likeness (QED) is 0.621. The lowest BCUT2D eigenvalue weighted by Crippen LogP contribution is -2.29. The number of hydrogen-bond donors (Lipinski definition) is 0. The van der Waals surface area contributed by atoms with Crippen molar-refractivity contribution in [2.75, 3.05) is 18.6 Å². The summed E-state index contributed by atoms with van der Waals surface area (Å²) in [6, 6.07) is 14.6. The molecule has 3 nitrogen and oxygen atoms in total. The van der Waals surface area contributed by atoms with E-state index in [9.17, 15) is 4.79 Å². The number of rotatable bonds is 6. The van der Waals surface area contributed by atoms with E-state index in [1.165, 1.54) is 3.57 Å². The Bertz CT molecular complexity index is 668. The van der Waals surface area contributed by atoms with Gasteiger partial charge in [0.05, 0.1) is 6.61 Å². The molecular weight excluding hydrogens is 401 g/mol. The first-order valence-corrected chi connectivity index (χ1v) is 8.80. The highest BCUT2D eigenvalue weighted by Crippen LogP contribution is 2.29. The Hall–Kier alpha value is -1.40. The van der Waals surface area contributed by atoms with Gasteiger partial charge in [-0.05, 0) is 70.0 Å². The molecular formula is C19H22INO2. The Morgan fingerprint density at radius 3 is 2.43 bits per heavy atom. The maximum Gasteiger partial charge on any atom is 0.223 e. The van der Waals surface area contributed by atoms with Crippen LogP contribution in [0.15, 0.2) is 42.5 Å². The van der Waals surface area contributed by atoms with Crippen molar-refractivity contribution in [2.24, 2.45) is 0 Å². The molecule has 1 amide bonds. The smallest absolute Gasteiger partial charge is 0.223 e. The lowest BCUT2D eigenvalue weighted by molar-refractivity contribution is -0.116. The van der Waals surface area contributed by atoms with E-state index in [4.69, 9.17) is 4.74 Å². The summed E-state index contributed by atoms with van der Waals surface area (Å²) in [5.41, 5.74) is 4.33. The number of benzene rings is 2. The summed E-state index contributed by atoms with van der Waals surface area (Å²) in [4.78, 5) is 13.7. The average molecular weight is 423 g/mol. The van der Waals surface area contributed by atoms with Crippen molar-refractivity contribution >= 4 is 34.2 Å². The van der Waals surface area contributed by atoms with Crippen LogP contribution in [0.2, 0.25) is 0 Å². The molecule has 0 saturated heterocycles. The highest BCUT2D eigenvalue weighted by Gasteiger charge is 2.13. The molecule has 0 fully saturated rings. The van der Waals surface area contributed by atoms with E-state index in [1.54, 1.807) is 14.0 Å². The second-order valence-electron chi connectivity index (χ2n) is 5.45. The summed E-state index contributed by atoms with van der Waals surface area (Å²) >= 11 is 2.30. The molecule has 4 heteroatoms. The van der Waals surface area contributed by atoms with E-state index in [2.05, 4.69) is 65.9 Å². The van der Waals surface area contributed by atoms with Gasteiger partial charge >= 0.3 is 0 Å². The van der Waals surface area contributed by atoms with E-state index < -0.39 is 0 Å². The first-order chi connectivity index (χ1) is 11.1. The van der Waals surface area contributed by atoms with Crippen molar-refractivity contribution in [1.29, 1.82) is 0 Å². The molecule has 0 aliphatic rings. The zero-order valence-corrected chi connectivity index (χ0v) is 16.0. The number of nitrogens with zero attached hydrogens (tertiary/aromatic N) is 1. The molecule has 0 N–H and O–H groups in total. The van der Waals surface area contributed by atoms with Gasteiger partial charge in [0.1, 0.15) is 0 Å². The van der Waals surface area contributed by atoms with E-state index in [0.29, 0.717) is 6.61 Å². The van der Waals surface area contributed by atoms with E-state index in [-0.39, 0.29) is 5.91 Å². The molecule has 0 saturated carbocycles. The summed E-state index contributed by atoms with van der Waals surface area (Å²) < 4.78 is 6.57. The number of carbonyl (C=O) groups is 1. The highest BCUT2D eigenvalue weighted by atomic mass is 127. The molecule has 2 aromatic rings. The highest BCUT2D eigenvalue weighted by molar-refractivity contribution is 14.1. The van der Waals surface area contributed by atoms with Gasteiger partial charge in [0.25, 0.3) is 0 Å². The Morgan fingerprint density at radius 1 is 1.17 bits per heavy atom. The SMILES string of the molecule is CCCN(C(C)=O)c1ccc(-c2ccc(I)cc2)c(COC)c1. The first-order valence-electron chi connectivity index (χ1n) is 7.72. The number of carbonyl (C=O) groups excluding carboxylic acids is 1. The number of anilines is 1. The average Bonchev–Trinajstić information content (AvgIpc) is 2.53. The van der Waals surface area contributed by atoms with Crippen LogP contribution in [-0.4, -0.2) is 19.6 Å². The van der Waals surface area contributed by atoms with Crippen molar-refractivity contribution < 1.29 is 9.53 Å². The zero-order valence-electron chi connectivity index (χ0n) is 13.8. The fourth-order valence-corrected chi connectivity index (χ4v) is 2.99. The molecule has 23 heavy (non-hydrogen) atoms. The fourth-order valence-electron chi connectivity index (χ4n) is 2.63. The molecule has 122 valence electrons. The van der Waals surface area contributed by atoms with Crippen LogP contribution in [0, 0.1) is 3.57 Å². The van der Waals surface area contributed by atoms with Gasteiger partial charge in [0.15, 0.2) is 0 Å². The topological polar surface area (TPSA) is 29.5 Å². The van der Waals surface area contributed by atoms with Gasteiger partial charge in [-0.1, -0.05) is 25.1 Å². The van der Waals surface area contributed by atoms with Gasteiger partial charge in [0, 0.05) is 29.8 Å². The predicted octanol–water partition coefficient (Wildman–Crippen LogP) is 4.87. The molecule has 2 rings (SSSR count). The maximum absolute atomic E-state index is 11.9. The van der Waals surface area contributed by atoms with E-state index in [0.717, 1.165) is 35.3 Å². The van der Waals surface area contributed by atoms with Crippen LogP contribution < -0.4 is 4.90 Å². The van der Waals surface area contributed by atoms with Gasteiger partial charge in [-0.25, -0.2) is 0 Å². The molecule has 0 atom stereocenters. The van der Waals surface area contributed by atoms with Crippen LogP contribution >= 0.6 is 22.6 Å². The summed E-state index contributed by atoms with van der Waals surface area (Å²) in [5, 5.41) is 0. The second kappa shape index (κ2) is 8.45. The number of amides is 1. The normalized spacial score (nSPS) is 10.6. The fraction of sp³-hybridized carbons (Fsp3) is 0.316. The maximum atomic E-state index is 11.9. The molecule has 2 aromatic carbocycles. The molecule has 0 aliphatic heterocycles. The Kier molecular flexibility index (Phi) is 6.59. The minimum Gasteiger partial charge on any atom is -0.380 e. The van der Waals surface area contributed by atoms with Crippen LogP contribution in [0.1, 0.15) is 25.8 Å². The van der Waals surface area contributed by atoms with Gasteiger partial charge in [-0.2, -0.15) is 0 Å². The van der Waals surface area contributed by atoms with Crippen molar-refractivity contribution in [3.05, 3.63) is 51.6 Å². The molecule has 0 aliphatic carbocycles. The van der Waals surface area contributed by atoms with Gasteiger partial charge < -0.3 is 9.64 Å². The summed E-state index contributed by atoms with van der Waals surface area (Å²) in [7, 11) is 1.69. The molecule has 0 radical (unpaired) electrons. The van der Waals surface area contributed by atoms with Gasteiger partial charge in [-0.15, -0.1) is 0 Å². The van der Waals surface area contributed by atoms with Crippen molar-refractivity contribution in [3.63, 3.8) is 0 Å². The zero-order chi connectivity index (χ0) is 16.8. The number of hydrogen-bond acceptors (Lipinski definition) is 2. The van der Waals surface area contributed by atoms with Crippen LogP contribution in [0.25, 0.3) is 11.1 Å². The van der Waals surface area contributed by atoms with E-state index in [1.807, 2.05) is 11.0 Å². The molecule has 0 spiro atoms. The Morgan fingerprint density at radius 2 is 1.87 bits per heavy atom. The summed E-state index contributed by atoms with van der Waals surface area (Å²) in [6.07, 6.45) is 0.929. The van der Waals surface area contributed by atoms with Gasteiger partial charge in [0.2, 0.25) is 5.91 Å². The minimum absolute atomic E-state index is 0.0669.